The average Bonchev–Trinajstić information content (AvgIpc) is 2.35. The van der Waals surface area contributed by atoms with E-state index in [4.69, 9.17) is 5.73 Å². The van der Waals surface area contributed by atoms with Crippen LogP contribution in [0.3, 0.4) is 0 Å². The van der Waals surface area contributed by atoms with Crippen molar-refractivity contribution in [3.8, 4) is 5.75 Å². The van der Waals surface area contributed by atoms with Crippen molar-refractivity contribution in [3.63, 3.8) is 0 Å². The Morgan fingerprint density at radius 1 is 1.35 bits per heavy atom. The highest BCUT2D eigenvalue weighted by Gasteiger charge is 2.24. The van der Waals surface area contributed by atoms with Crippen LogP contribution in [0.1, 0.15) is 31.4 Å². The summed E-state index contributed by atoms with van der Waals surface area (Å²) in [7, 11) is 0. The summed E-state index contributed by atoms with van der Waals surface area (Å²) in [5.41, 5.74) is 6.85. The van der Waals surface area contributed by atoms with E-state index < -0.39 is 0 Å². The quantitative estimate of drug-likeness (QED) is 0.842. The summed E-state index contributed by atoms with van der Waals surface area (Å²) in [5, 5.41) is 9.91. The first-order valence-electron chi connectivity index (χ1n) is 6.44. The molecule has 1 aliphatic rings. The van der Waals surface area contributed by atoms with Gasteiger partial charge in [-0.3, -0.25) is 4.90 Å². The summed E-state index contributed by atoms with van der Waals surface area (Å²) in [6, 6.07) is 7.69. The van der Waals surface area contributed by atoms with Crippen molar-refractivity contribution in [3.05, 3.63) is 29.8 Å². The Bertz CT molecular complexity index is 359. The second-order valence-corrected chi connectivity index (χ2v) is 5.03. The fraction of sp³-hybridized carbons (Fsp3) is 0.571. The van der Waals surface area contributed by atoms with E-state index in [1.807, 2.05) is 18.2 Å². The Morgan fingerprint density at radius 3 is 2.59 bits per heavy atom. The van der Waals surface area contributed by atoms with E-state index in [2.05, 4.69) is 11.8 Å². The fourth-order valence-electron chi connectivity index (χ4n) is 2.58. The van der Waals surface area contributed by atoms with E-state index >= 15 is 0 Å². The minimum absolute atomic E-state index is 0.156. The normalized spacial score (nSPS) is 20.4. The summed E-state index contributed by atoms with van der Waals surface area (Å²) in [4.78, 5) is 2.40. The summed E-state index contributed by atoms with van der Waals surface area (Å²) in [6.45, 7) is 5.02. The van der Waals surface area contributed by atoms with Crippen LogP contribution in [-0.2, 0) is 0 Å². The van der Waals surface area contributed by atoms with Crippen molar-refractivity contribution in [2.75, 3.05) is 19.6 Å². The number of para-hydroxylation sites is 1. The molecule has 0 aromatic heterocycles. The lowest BCUT2D eigenvalue weighted by Gasteiger charge is -2.36. The summed E-state index contributed by atoms with van der Waals surface area (Å²) in [5.74, 6) is 1.18. The molecule has 0 saturated carbocycles. The Morgan fingerprint density at radius 2 is 2.00 bits per heavy atom. The van der Waals surface area contributed by atoms with E-state index in [0.29, 0.717) is 12.3 Å². The molecule has 1 heterocycles. The molecular weight excluding hydrogens is 212 g/mol. The highest BCUT2D eigenvalue weighted by Crippen LogP contribution is 2.30. The van der Waals surface area contributed by atoms with Crippen LogP contribution < -0.4 is 5.73 Å². The number of piperidine rings is 1. The van der Waals surface area contributed by atoms with Crippen molar-refractivity contribution in [1.82, 2.24) is 4.90 Å². The van der Waals surface area contributed by atoms with Gasteiger partial charge < -0.3 is 10.8 Å². The molecule has 1 aromatic carbocycles. The number of aromatic hydroxyl groups is 1. The van der Waals surface area contributed by atoms with Gasteiger partial charge in [0.2, 0.25) is 0 Å². The molecule has 0 amide bonds. The Balaban J connectivity index is 2.14. The minimum atomic E-state index is 0.156. The van der Waals surface area contributed by atoms with Crippen molar-refractivity contribution < 1.29 is 5.11 Å². The smallest absolute Gasteiger partial charge is 0.120 e. The maximum Gasteiger partial charge on any atom is 0.120 e. The third-order valence-electron chi connectivity index (χ3n) is 3.78. The SMILES string of the molecule is CC1CCN(C(CN)c2ccccc2O)CC1. The summed E-state index contributed by atoms with van der Waals surface area (Å²) < 4.78 is 0. The lowest BCUT2D eigenvalue weighted by Crippen LogP contribution is -2.39. The molecule has 0 aliphatic carbocycles. The van der Waals surface area contributed by atoms with E-state index in [1.54, 1.807) is 6.07 Å². The van der Waals surface area contributed by atoms with Gasteiger partial charge >= 0.3 is 0 Å². The first-order chi connectivity index (χ1) is 8.22. The number of hydrogen-bond acceptors (Lipinski definition) is 3. The minimum Gasteiger partial charge on any atom is -0.508 e. The number of phenolic OH excluding ortho intramolecular Hbond substituents is 1. The van der Waals surface area contributed by atoms with Gasteiger partial charge in [0.05, 0.1) is 6.04 Å². The van der Waals surface area contributed by atoms with E-state index in [0.717, 1.165) is 24.6 Å². The van der Waals surface area contributed by atoms with Crippen LogP contribution in [-0.4, -0.2) is 29.6 Å². The molecule has 17 heavy (non-hydrogen) atoms. The third kappa shape index (κ3) is 2.79. The molecule has 94 valence electrons. The van der Waals surface area contributed by atoms with Crippen LogP contribution in [0.4, 0.5) is 0 Å². The second kappa shape index (κ2) is 5.52. The topological polar surface area (TPSA) is 49.5 Å². The zero-order chi connectivity index (χ0) is 12.3. The van der Waals surface area contributed by atoms with Gasteiger partial charge in [-0.1, -0.05) is 25.1 Å². The molecule has 3 heteroatoms. The molecule has 0 radical (unpaired) electrons. The number of rotatable bonds is 3. The first kappa shape index (κ1) is 12.4. The molecule has 0 spiro atoms. The molecule has 1 aliphatic heterocycles. The van der Waals surface area contributed by atoms with Gasteiger partial charge in [0.1, 0.15) is 5.75 Å². The van der Waals surface area contributed by atoms with Crippen LogP contribution in [0, 0.1) is 5.92 Å². The fourth-order valence-corrected chi connectivity index (χ4v) is 2.58. The number of benzene rings is 1. The summed E-state index contributed by atoms with van der Waals surface area (Å²) >= 11 is 0. The molecule has 1 atom stereocenters. The molecule has 0 bridgehead atoms. The zero-order valence-corrected chi connectivity index (χ0v) is 10.5. The maximum absolute atomic E-state index is 9.91. The van der Waals surface area contributed by atoms with Gasteiger partial charge in [0, 0.05) is 12.1 Å². The van der Waals surface area contributed by atoms with Crippen LogP contribution in [0.25, 0.3) is 0 Å². The number of hydrogen-bond donors (Lipinski definition) is 2. The molecule has 3 nitrogen and oxygen atoms in total. The lowest BCUT2D eigenvalue weighted by molar-refractivity contribution is 0.139. The predicted molar refractivity (Wildman–Crippen MR) is 69.9 cm³/mol. The second-order valence-electron chi connectivity index (χ2n) is 5.03. The van der Waals surface area contributed by atoms with Crippen LogP contribution in [0.2, 0.25) is 0 Å². The summed E-state index contributed by atoms with van der Waals surface area (Å²) in [6.07, 6.45) is 2.45. The number of phenols is 1. The zero-order valence-electron chi connectivity index (χ0n) is 10.5. The van der Waals surface area contributed by atoms with Gasteiger partial charge in [0.15, 0.2) is 0 Å². The Kier molecular flexibility index (Phi) is 4.02. The van der Waals surface area contributed by atoms with E-state index in [9.17, 15) is 5.11 Å². The standard InChI is InChI=1S/C14H22N2O/c1-11-6-8-16(9-7-11)13(10-15)12-4-2-3-5-14(12)17/h2-5,11,13,17H,6-10,15H2,1H3. The molecule has 3 N–H and O–H groups in total. The van der Waals surface area contributed by atoms with Gasteiger partial charge in [-0.15, -0.1) is 0 Å². The van der Waals surface area contributed by atoms with Crippen molar-refractivity contribution in [2.24, 2.45) is 11.7 Å². The third-order valence-corrected chi connectivity index (χ3v) is 3.78. The average molecular weight is 234 g/mol. The molecular formula is C14H22N2O. The Hall–Kier alpha value is -1.06. The predicted octanol–water partition coefficient (Wildman–Crippen LogP) is 2.12. The lowest BCUT2D eigenvalue weighted by atomic mass is 9.95. The van der Waals surface area contributed by atoms with Gasteiger partial charge in [-0.05, 0) is 37.9 Å². The highest BCUT2D eigenvalue weighted by molar-refractivity contribution is 5.34. The van der Waals surface area contributed by atoms with Crippen LogP contribution in [0.5, 0.6) is 5.75 Å². The number of nitrogens with two attached hydrogens (primary N) is 1. The van der Waals surface area contributed by atoms with Crippen molar-refractivity contribution >= 4 is 0 Å². The van der Waals surface area contributed by atoms with Crippen molar-refractivity contribution in [2.45, 2.75) is 25.8 Å². The van der Waals surface area contributed by atoms with E-state index in [-0.39, 0.29) is 6.04 Å². The first-order valence-corrected chi connectivity index (χ1v) is 6.44. The number of likely N-dealkylation sites (tertiary alicyclic amines) is 1. The van der Waals surface area contributed by atoms with Gasteiger partial charge in [-0.2, -0.15) is 0 Å². The Labute approximate surface area is 103 Å². The molecule has 1 fully saturated rings. The van der Waals surface area contributed by atoms with Gasteiger partial charge in [-0.25, -0.2) is 0 Å². The molecule has 1 unspecified atom stereocenters. The van der Waals surface area contributed by atoms with E-state index in [1.165, 1.54) is 12.8 Å². The largest absolute Gasteiger partial charge is 0.508 e. The molecule has 1 saturated heterocycles. The monoisotopic (exact) mass is 234 g/mol. The van der Waals surface area contributed by atoms with Crippen LogP contribution >= 0.6 is 0 Å². The molecule has 1 aromatic rings. The van der Waals surface area contributed by atoms with Gasteiger partial charge in [0.25, 0.3) is 0 Å². The maximum atomic E-state index is 9.91. The number of nitrogens with zero attached hydrogens (tertiary/aromatic N) is 1. The van der Waals surface area contributed by atoms with Crippen molar-refractivity contribution in [1.29, 1.82) is 0 Å². The molecule has 2 rings (SSSR count). The highest BCUT2D eigenvalue weighted by atomic mass is 16.3. The van der Waals surface area contributed by atoms with Crippen LogP contribution in [0.15, 0.2) is 24.3 Å².